The van der Waals surface area contributed by atoms with Crippen LogP contribution >= 0.6 is 0 Å². The average Bonchev–Trinajstić information content (AvgIpc) is 3.06. The van der Waals surface area contributed by atoms with Gasteiger partial charge in [-0.1, -0.05) is 0 Å². The molecule has 3 N–H and O–H groups in total. The van der Waals surface area contributed by atoms with Crippen molar-refractivity contribution in [2.75, 3.05) is 5.73 Å². The van der Waals surface area contributed by atoms with Crippen LogP contribution in [0.4, 0.5) is 14.5 Å². The fourth-order valence-electron chi connectivity index (χ4n) is 2.32. The van der Waals surface area contributed by atoms with Crippen LogP contribution in [0, 0.1) is 11.6 Å². The summed E-state index contributed by atoms with van der Waals surface area (Å²) in [5.74, 6) is -1.53. The van der Waals surface area contributed by atoms with Crippen LogP contribution in [0.25, 0.3) is 28.0 Å². The quantitative estimate of drug-likeness (QED) is 0.528. The third-order valence-corrected chi connectivity index (χ3v) is 3.33. The van der Waals surface area contributed by atoms with Gasteiger partial charge in [-0.3, -0.25) is 4.57 Å². The second-order valence-corrected chi connectivity index (χ2v) is 4.68. The van der Waals surface area contributed by atoms with Crippen LogP contribution in [0.5, 0.6) is 0 Å². The molecule has 0 atom stereocenters. The van der Waals surface area contributed by atoms with E-state index >= 15 is 0 Å². The number of imidazole rings is 2. The summed E-state index contributed by atoms with van der Waals surface area (Å²) in [5.41, 5.74) is 8.15. The molecule has 0 aliphatic rings. The molecular formula is C14H9F2N5. The van der Waals surface area contributed by atoms with Gasteiger partial charge in [0.05, 0.1) is 16.6 Å². The van der Waals surface area contributed by atoms with Gasteiger partial charge in [0.2, 0.25) is 5.95 Å². The molecular weight excluding hydrogens is 276 g/mol. The minimum atomic E-state index is -0.969. The minimum absolute atomic E-state index is 0.0395. The number of nitrogens with zero attached hydrogens (tertiary/aromatic N) is 3. The first-order valence-corrected chi connectivity index (χ1v) is 6.20. The van der Waals surface area contributed by atoms with Crippen molar-refractivity contribution >= 4 is 27.8 Å². The molecule has 0 spiro atoms. The van der Waals surface area contributed by atoms with Crippen molar-refractivity contribution in [1.82, 2.24) is 19.5 Å². The van der Waals surface area contributed by atoms with Gasteiger partial charge in [0.25, 0.3) is 0 Å². The van der Waals surface area contributed by atoms with E-state index in [4.69, 9.17) is 5.73 Å². The van der Waals surface area contributed by atoms with Gasteiger partial charge in [-0.15, -0.1) is 0 Å². The molecule has 0 aliphatic carbocycles. The zero-order valence-corrected chi connectivity index (χ0v) is 10.6. The number of H-pyrrole nitrogens is 1. The smallest absolute Gasteiger partial charge is 0.214 e. The molecule has 0 saturated heterocycles. The first-order valence-electron chi connectivity index (χ1n) is 6.20. The number of hydrogen-bond donors (Lipinski definition) is 2. The van der Waals surface area contributed by atoms with Crippen LogP contribution in [0.1, 0.15) is 0 Å². The summed E-state index contributed by atoms with van der Waals surface area (Å²) in [5, 5.41) is 0. The maximum Gasteiger partial charge on any atom is 0.214 e. The van der Waals surface area contributed by atoms with E-state index in [1.807, 2.05) is 0 Å². The van der Waals surface area contributed by atoms with Crippen LogP contribution < -0.4 is 5.73 Å². The molecule has 0 saturated carbocycles. The number of fused-ring (bicyclic) bond motifs is 2. The molecule has 4 rings (SSSR count). The van der Waals surface area contributed by atoms with E-state index in [-0.39, 0.29) is 5.52 Å². The van der Waals surface area contributed by atoms with Gasteiger partial charge in [0.1, 0.15) is 11.8 Å². The maximum atomic E-state index is 13.7. The molecule has 21 heavy (non-hydrogen) atoms. The molecule has 104 valence electrons. The number of aromatic amines is 1. The Morgan fingerprint density at radius 3 is 2.86 bits per heavy atom. The van der Waals surface area contributed by atoms with Crippen LogP contribution in [-0.2, 0) is 0 Å². The van der Waals surface area contributed by atoms with Gasteiger partial charge in [0.15, 0.2) is 11.6 Å². The van der Waals surface area contributed by atoms with E-state index in [0.717, 1.165) is 11.6 Å². The Labute approximate surface area is 117 Å². The highest BCUT2D eigenvalue weighted by molar-refractivity contribution is 5.82. The zero-order valence-electron chi connectivity index (χ0n) is 10.6. The number of anilines is 1. The lowest BCUT2D eigenvalue weighted by Gasteiger charge is -1.99. The largest absolute Gasteiger partial charge is 0.399 e. The fraction of sp³-hybridized carbons (Fsp3) is 0. The molecule has 2 aromatic carbocycles. The number of nitrogens with two attached hydrogens (primary N) is 1. The summed E-state index contributed by atoms with van der Waals surface area (Å²) in [7, 11) is 0. The summed E-state index contributed by atoms with van der Waals surface area (Å²) in [6.45, 7) is 0. The minimum Gasteiger partial charge on any atom is -0.399 e. The Balaban J connectivity index is 1.98. The van der Waals surface area contributed by atoms with Crippen LogP contribution in [-0.4, -0.2) is 19.5 Å². The topological polar surface area (TPSA) is 72.5 Å². The summed E-state index contributed by atoms with van der Waals surface area (Å²) in [4.78, 5) is 11.3. The number of nitrogen functional groups attached to an aromatic ring is 1. The molecule has 0 aliphatic heterocycles. The van der Waals surface area contributed by atoms with E-state index in [0.29, 0.717) is 22.7 Å². The van der Waals surface area contributed by atoms with Gasteiger partial charge in [0, 0.05) is 5.69 Å². The van der Waals surface area contributed by atoms with Crippen molar-refractivity contribution in [3.05, 3.63) is 48.3 Å². The van der Waals surface area contributed by atoms with Crippen molar-refractivity contribution in [1.29, 1.82) is 0 Å². The summed E-state index contributed by atoms with van der Waals surface area (Å²) < 4.78 is 28.6. The lowest BCUT2D eigenvalue weighted by atomic mass is 10.3. The number of hydrogen-bond acceptors (Lipinski definition) is 3. The molecule has 0 radical (unpaired) electrons. The Morgan fingerprint density at radius 2 is 2.00 bits per heavy atom. The van der Waals surface area contributed by atoms with Gasteiger partial charge in [-0.25, -0.2) is 18.7 Å². The predicted octanol–water partition coefficient (Wildman–Crippen LogP) is 2.76. The normalized spacial score (nSPS) is 11.5. The van der Waals surface area contributed by atoms with Gasteiger partial charge in [-0.2, -0.15) is 0 Å². The number of rotatable bonds is 1. The third-order valence-electron chi connectivity index (χ3n) is 3.33. The average molecular weight is 285 g/mol. The van der Waals surface area contributed by atoms with Gasteiger partial charge in [-0.05, 0) is 30.3 Å². The highest BCUT2D eigenvalue weighted by Gasteiger charge is 2.14. The van der Waals surface area contributed by atoms with Gasteiger partial charge >= 0.3 is 0 Å². The van der Waals surface area contributed by atoms with Crippen LogP contribution in [0.3, 0.4) is 0 Å². The number of aromatic nitrogens is 4. The van der Waals surface area contributed by atoms with Crippen molar-refractivity contribution in [3.8, 4) is 5.95 Å². The molecule has 0 unspecified atom stereocenters. The molecule has 0 bridgehead atoms. The van der Waals surface area contributed by atoms with E-state index in [1.165, 1.54) is 6.07 Å². The number of nitrogens with one attached hydrogen (secondary N) is 1. The van der Waals surface area contributed by atoms with Crippen molar-refractivity contribution < 1.29 is 8.78 Å². The molecule has 7 heteroatoms. The maximum absolute atomic E-state index is 13.7. The molecule has 5 nitrogen and oxygen atoms in total. The summed E-state index contributed by atoms with van der Waals surface area (Å²) in [6, 6.07) is 7.77. The van der Waals surface area contributed by atoms with Crippen LogP contribution in [0.15, 0.2) is 36.7 Å². The monoisotopic (exact) mass is 285 g/mol. The second-order valence-electron chi connectivity index (χ2n) is 4.68. The third kappa shape index (κ3) is 1.67. The lowest BCUT2D eigenvalue weighted by molar-refractivity contribution is 0.515. The molecule has 4 aromatic rings. The number of benzene rings is 2. The molecule has 2 heterocycles. The Hall–Kier alpha value is -2.96. The predicted molar refractivity (Wildman–Crippen MR) is 75.1 cm³/mol. The Kier molecular flexibility index (Phi) is 2.26. The summed E-state index contributed by atoms with van der Waals surface area (Å²) >= 11 is 0. The van der Waals surface area contributed by atoms with Crippen molar-refractivity contribution in [2.45, 2.75) is 0 Å². The van der Waals surface area contributed by atoms with E-state index in [9.17, 15) is 8.78 Å². The first kappa shape index (κ1) is 11.8. The highest BCUT2D eigenvalue weighted by atomic mass is 19.2. The van der Waals surface area contributed by atoms with E-state index < -0.39 is 11.6 Å². The Morgan fingerprint density at radius 1 is 1.14 bits per heavy atom. The van der Waals surface area contributed by atoms with Gasteiger partial charge < -0.3 is 10.7 Å². The Bertz CT molecular complexity index is 986. The molecule has 2 aromatic heterocycles. The van der Waals surface area contributed by atoms with E-state index in [2.05, 4.69) is 15.0 Å². The zero-order chi connectivity index (χ0) is 14.6. The second kappa shape index (κ2) is 4.02. The standard InChI is InChI=1S/C14H9F2N5/c15-8-2-3-9-13(12(8)16)20-14(19-9)21-6-18-10-5-7(17)1-4-11(10)21/h1-6H,17H2,(H,19,20). The SMILES string of the molecule is Nc1ccc2c(c1)ncn2-c1nc2c(F)c(F)ccc2[nH]1. The summed E-state index contributed by atoms with van der Waals surface area (Å²) in [6.07, 6.45) is 1.55. The first-order chi connectivity index (χ1) is 10.1. The number of halogens is 2. The molecule has 0 amide bonds. The van der Waals surface area contributed by atoms with Crippen LogP contribution in [0.2, 0.25) is 0 Å². The van der Waals surface area contributed by atoms with E-state index in [1.54, 1.807) is 29.1 Å². The van der Waals surface area contributed by atoms with Crippen molar-refractivity contribution in [2.24, 2.45) is 0 Å². The lowest BCUT2D eigenvalue weighted by Crippen LogP contribution is -1.94. The fourth-order valence-corrected chi connectivity index (χ4v) is 2.32. The highest BCUT2D eigenvalue weighted by Crippen LogP contribution is 2.23. The molecule has 0 fully saturated rings. The van der Waals surface area contributed by atoms with Crippen molar-refractivity contribution in [3.63, 3.8) is 0 Å².